The average Bonchev–Trinajstić information content (AvgIpc) is 2.15. The van der Waals surface area contributed by atoms with Crippen LogP contribution in [-0.2, 0) is 4.79 Å². The van der Waals surface area contributed by atoms with Crippen molar-refractivity contribution in [1.29, 1.82) is 0 Å². The van der Waals surface area contributed by atoms with E-state index in [4.69, 9.17) is 0 Å². The molecule has 0 unspecified atom stereocenters. The van der Waals surface area contributed by atoms with Gasteiger partial charge in [0.1, 0.15) is 6.29 Å². The molecule has 1 heteroatoms. The molecule has 1 atom stereocenters. The van der Waals surface area contributed by atoms with E-state index in [0.717, 1.165) is 24.5 Å². The van der Waals surface area contributed by atoms with Gasteiger partial charge in [0.15, 0.2) is 0 Å². The molecule has 0 aromatic heterocycles. The summed E-state index contributed by atoms with van der Waals surface area (Å²) < 4.78 is 0. The van der Waals surface area contributed by atoms with Crippen molar-refractivity contribution in [2.45, 2.75) is 46.0 Å². The molecule has 0 aromatic carbocycles. The summed E-state index contributed by atoms with van der Waals surface area (Å²) in [4.78, 5) is 10.2. The molecule has 0 aromatic rings. The number of carbonyl (C=O) groups is 1. The van der Waals surface area contributed by atoms with Crippen molar-refractivity contribution >= 4 is 6.29 Å². The summed E-state index contributed by atoms with van der Waals surface area (Å²) in [6.45, 7) is 4.60. The van der Waals surface area contributed by atoms with Gasteiger partial charge in [0, 0.05) is 6.42 Å². The molecule has 0 amide bonds. The summed E-state index contributed by atoms with van der Waals surface area (Å²) in [5.41, 5.74) is 1.50. The van der Waals surface area contributed by atoms with Gasteiger partial charge < -0.3 is 4.79 Å². The highest BCUT2D eigenvalue weighted by atomic mass is 16.1. The van der Waals surface area contributed by atoms with Crippen LogP contribution in [0.15, 0.2) is 11.6 Å². The van der Waals surface area contributed by atoms with Gasteiger partial charge in [0.05, 0.1) is 0 Å². The first kappa shape index (κ1) is 10.5. The Kier molecular flexibility index (Phi) is 4.20. The number of hydrogen-bond donors (Lipinski definition) is 0. The molecule has 74 valence electrons. The molecule has 0 N–H and O–H groups in total. The van der Waals surface area contributed by atoms with Gasteiger partial charge in [-0.25, -0.2) is 0 Å². The van der Waals surface area contributed by atoms with Gasteiger partial charge in [0.25, 0.3) is 0 Å². The van der Waals surface area contributed by atoms with E-state index >= 15 is 0 Å². The van der Waals surface area contributed by atoms with Crippen molar-refractivity contribution in [3.05, 3.63) is 11.6 Å². The monoisotopic (exact) mass is 180 g/mol. The van der Waals surface area contributed by atoms with Crippen molar-refractivity contribution in [1.82, 2.24) is 0 Å². The Morgan fingerprint density at radius 3 is 2.85 bits per heavy atom. The lowest BCUT2D eigenvalue weighted by Gasteiger charge is -2.24. The molecule has 1 aliphatic rings. The van der Waals surface area contributed by atoms with Crippen LogP contribution in [0.2, 0.25) is 0 Å². The summed E-state index contributed by atoms with van der Waals surface area (Å²) in [6.07, 6.45) is 8.85. The van der Waals surface area contributed by atoms with E-state index in [1.165, 1.54) is 24.8 Å². The fourth-order valence-corrected chi connectivity index (χ4v) is 1.99. The molecule has 0 bridgehead atoms. The zero-order valence-corrected chi connectivity index (χ0v) is 8.75. The molecule has 0 aliphatic heterocycles. The predicted octanol–water partition coefficient (Wildman–Crippen LogP) is 3.35. The standard InChI is InChI=1S/C12H20O/c1-10(2)12-7-5-11(6-8-12)4-3-9-13/h5,9-10,12H,3-4,6-8H2,1-2H3/t12-/m0/s1. The highest BCUT2D eigenvalue weighted by molar-refractivity contribution is 5.49. The minimum Gasteiger partial charge on any atom is -0.303 e. The summed E-state index contributed by atoms with van der Waals surface area (Å²) in [6, 6.07) is 0. The Labute approximate surface area is 81.2 Å². The number of allylic oxidation sites excluding steroid dienone is 2. The van der Waals surface area contributed by atoms with Crippen LogP contribution in [0, 0.1) is 11.8 Å². The third-order valence-corrected chi connectivity index (χ3v) is 3.07. The van der Waals surface area contributed by atoms with E-state index in [-0.39, 0.29) is 0 Å². The summed E-state index contributed by atoms with van der Waals surface area (Å²) in [5, 5.41) is 0. The van der Waals surface area contributed by atoms with Crippen molar-refractivity contribution in [3.63, 3.8) is 0 Å². The third kappa shape index (κ3) is 3.33. The second-order valence-electron chi connectivity index (χ2n) is 4.35. The van der Waals surface area contributed by atoms with Gasteiger partial charge >= 0.3 is 0 Å². The smallest absolute Gasteiger partial charge is 0.120 e. The Morgan fingerprint density at radius 2 is 2.38 bits per heavy atom. The van der Waals surface area contributed by atoms with Crippen molar-refractivity contribution in [2.75, 3.05) is 0 Å². The summed E-state index contributed by atoms with van der Waals surface area (Å²) >= 11 is 0. The van der Waals surface area contributed by atoms with E-state index in [0.29, 0.717) is 6.42 Å². The van der Waals surface area contributed by atoms with Crippen LogP contribution >= 0.6 is 0 Å². The van der Waals surface area contributed by atoms with E-state index in [1.807, 2.05) is 0 Å². The van der Waals surface area contributed by atoms with Gasteiger partial charge in [0.2, 0.25) is 0 Å². The summed E-state index contributed by atoms with van der Waals surface area (Å²) in [7, 11) is 0. The average molecular weight is 180 g/mol. The van der Waals surface area contributed by atoms with Gasteiger partial charge in [-0.15, -0.1) is 0 Å². The van der Waals surface area contributed by atoms with Crippen LogP contribution in [0.25, 0.3) is 0 Å². The number of hydrogen-bond acceptors (Lipinski definition) is 1. The lowest BCUT2D eigenvalue weighted by molar-refractivity contribution is -0.107. The molecule has 0 heterocycles. The van der Waals surface area contributed by atoms with Crippen molar-refractivity contribution in [2.24, 2.45) is 11.8 Å². The molecular formula is C12H20O. The van der Waals surface area contributed by atoms with Gasteiger partial charge in [-0.2, -0.15) is 0 Å². The molecule has 0 radical (unpaired) electrons. The Hall–Kier alpha value is -0.590. The molecule has 0 saturated carbocycles. The van der Waals surface area contributed by atoms with E-state index in [9.17, 15) is 4.79 Å². The Balaban J connectivity index is 2.34. The van der Waals surface area contributed by atoms with Crippen LogP contribution < -0.4 is 0 Å². The zero-order valence-electron chi connectivity index (χ0n) is 8.75. The largest absolute Gasteiger partial charge is 0.303 e. The van der Waals surface area contributed by atoms with E-state index in [2.05, 4.69) is 19.9 Å². The first-order valence-electron chi connectivity index (χ1n) is 5.35. The van der Waals surface area contributed by atoms with Gasteiger partial charge in [-0.3, -0.25) is 0 Å². The lowest BCUT2D eigenvalue weighted by Crippen LogP contribution is -2.11. The van der Waals surface area contributed by atoms with Crippen molar-refractivity contribution in [3.8, 4) is 0 Å². The highest BCUT2D eigenvalue weighted by Crippen LogP contribution is 2.30. The summed E-state index contributed by atoms with van der Waals surface area (Å²) in [5.74, 6) is 1.68. The number of carbonyl (C=O) groups excluding carboxylic acids is 1. The second kappa shape index (κ2) is 5.21. The first-order valence-corrected chi connectivity index (χ1v) is 5.35. The van der Waals surface area contributed by atoms with Crippen LogP contribution in [0.3, 0.4) is 0 Å². The molecule has 0 fully saturated rings. The normalized spacial score (nSPS) is 23.0. The SMILES string of the molecule is CC(C)[C@H]1CC=C(CCC=O)CC1. The second-order valence-corrected chi connectivity index (χ2v) is 4.35. The maximum Gasteiger partial charge on any atom is 0.120 e. The van der Waals surface area contributed by atoms with Crippen LogP contribution in [0.5, 0.6) is 0 Å². The maximum absolute atomic E-state index is 10.2. The van der Waals surface area contributed by atoms with Gasteiger partial charge in [-0.1, -0.05) is 25.5 Å². The fraction of sp³-hybridized carbons (Fsp3) is 0.750. The van der Waals surface area contributed by atoms with E-state index < -0.39 is 0 Å². The van der Waals surface area contributed by atoms with Crippen LogP contribution in [0.1, 0.15) is 46.0 Å². The minimum absolute atomic E-state index is 0.707. The quantitative estimate of drug-likeness (QED) is 0.479. The molecule has 13 heavy (non-hydrogen) atoms. The maximum atomic E-state index is 10.2. The fourth-order valence-electron chi connectivity index (χ4n) is 1.99. The van der Waals surface area contributed by atoms with Gasteiger partial charge in [-0.05, 0) is 37.5 Å². The predicted molar refractivity (Wildman–Crippen MR) is 55.6 cm³/mol. The Morgan fingerprint density at radius 1 is 1.62 bits per heavy atom. The topological polar surface area (TPSA) is 17.1 Å². The molecule has 1 nitrogen and oxygen atoms in total. The van der Waals surface area contributed by atoms with Crippen molar-refractivity contribution < 1.29 is 4.79 Å². The zero-order chi connectivity index (χ0) is 9.68. The number of rotatable bonds is 4. The Bertz CT molecular complexity index is 191. The molecule has 0 saturated heterocycles. The minimum atomic E-state index is 0.707. The van der Waals surface area contributed by atoms with E-state index in [1.54, 1.807) is 0 Å². The molecule has 0 spiro atoms. The highest BCUT2D eigenvalue weighted by Gasteiger charge is 2.16. The number of aldehydes is 1. The molecule has 1 aliphatic carbocycles. The lowest BCUT2D eigenvalue weighted by atomic mass is 9.81. The molecular weight excluding hydrogens is 160 g/mol. The van der Waals surface area contributed by atoms with Crippen LogP contribution in [-0.4, -0.2) is 6.29 Å². The molecule has 1 rings (SSSR count). The first-order chi connectivity index (χ1) is 6.24. The third-order valence-electron chi connectivity index (χ3n) is 3.07. The van der Waals surface area contributed by atoms with Crippen LogP contribution in [0.4, 0.5) is 0 Å².